The molecule has 39 heavy (non-hydrogen) atoms. The van der Waals surface area contributed by atoms with E-state index in [2.05, 4.69) is 0 Å². The third-order valence-electron chi connectivity index (χ3n) is 6.64. The topological polar surface area (TPSA) is 93.1 Å². The zero-order valence-corrected chi connectivity index (χ0v) is 22.9. The number of benzene rings is 3. The zero-order valence-electron chi connectivity index (χ0n) is 22.9. The Balaban J connectivity index is 1.92. The second-order valence-electron chi connectivity index (χ2n) is 9.69. The van der Waals surface area contributed by atoms with Crippen molar-refractivity contribution in [2.45, 2.75) is 46.6 Å². The molecule has 0 aromatic heterocycles. The van der Waals surface area contributed by atoms with E-state index in [9.17, 15) is 19.5 Å². The molecular formula is C32H33NO6. The third kappa shape index (κ3) is 5.43. The minimum atomic E-state index is -0.906. The van der Waals surface area contributed by atoms with Crippen molar-refractivity contribution in [3.8, 4) is 5.75 Å². The monoisotopic (exact) mass is 527 g/mol. The summed E-state index contributed by atoms with van der Waals surface area (Å²) in [4.78, 5) is 40.9. The van der Waals surface area contributed by atoms with Gasteiger partial charge in [0.05, 0.1) is 30.4 Å². The third-order valence-corrected chi connectivity index (χ3v) is 6.64. The number of ether oxygens (including phenoxy) is 2. The summed E-state index contributed by atoms with van der Waals surface area (Å²) in [5.41, 5.74) is 3.47. The van der Waals surface area contributed by atoms with Gasteiger partial charge in [0.15, 0.2) is 0 Å². The molecule has 7 heteroatoms. The van der Waals surface area contributed by atoms with Crippen molar-refractivity contribution in [3.63, 3.8) is 0 Å². The van der Waals surface area contributed by atoms with Gasteiger partial charge in [0.1, 0.15) is 11.5 Å². The van der Waals surface area contributed by atoms with Crippen LogP contribution >= 0.6 is 0 Å². The van der Waals surface area contributed by atoms with Crippen molar-refractivity contribution >= 4 is 29.1 Å². The molecular weight excluding hydrogens is 494 g/mol. The first-order chi connectivity index (χ1) is 18.7. The lowest BCUT2D eigenvalue weighted by Crippen LogP contribution is -2.29. The van der Waals surface area contributed by atoms with Crippen LogP contribution in [0.5, 0.6) is 5.75 Å². The number of hydrogen-bond acceptors (Lipinski definition) is 6. The Hall–Kier alpha value is -4.39. The number of esters is 1. The van der Waals surface area contributed by atoms with E-state index in [4.69, 9.17) is 9.47 Å². The molecule has 0 radical (unpaired) electrons. The molecule has 1 N–H and O–H groups in total. The van der Waals surface area contributed by atoms with Crippen LogP contribution in [-0.2, 0) is 14.3 Å². The van der Waals surface area contributed by atoms with E-state index in [1.807, 2.05) is 52.0 Å². The van der Waals surface area contributed by atoms with Crippen molar-refractivity contribution in [1.29, 1.82) is 0 Å². The van der Waals surface area contributed by atoms with Crippen molar-refractivity contribution < 1.29 is 29.0 Å². The van der Waals surface area contributed by atoms with E-state index >= 15 is 0 Å². The molecule has 4 rings (SSSR count). The number of aliphatic hydroxyl groups is 1. The first-order valence-corrected chi connectivity index (χ1v) is 13.1. The van der Waals surface area contributed by atoms with Crippen LogP contribution in [0.3, 0.4) is 0 Å². The first-order valence-electron chi connectivity index (χ1n) is 13.1. The lowest BCUT2D eigenvalue weighted by molar-refractivity contribution is -0.132. The van der Waals surface area contributed by atoms with Gasteiger partial charge in [-0.25, -0.2) is 4.79 Å². The highest BCUT2D eigenvalue weighted by atomic mass is 16.5. The summed E-state index contributed by atoms with van der Waals surface area (Å²) in [6.45, 7) is 10.3. The average Bonchev–Trinajstić information content (AvgIpc) is 3.19. The number of anilines is 1. The second kappa shape index (κ2) is 11.6. The second-order valence-corrected chi connectivity index (χ2v) is 9.69. The molecule has 3 aromatic rings. The number of Topliss-reactive ketones (excluding diaryl/α,β-unsaturated/α-hetero) is 1. The largest absolute Gasteiger partial charge is 0.507 e. The lowest BCUT2D eigenvalue weighted by Gasteiger charge is -2.26. The van der Waals surface area contributed by atoms with Gasteiger partial charge in [-0.1, -0.05) is 49.7 Å². The smallest absolute Gasteiger partial charge is 0.338 e. The molecule has 1 heterocycles. The van der Waals surface area contributed by atoms with Crippen molar-refractivity contribution in [1.82, 2.24) is 0 Å². The predicted octanol–water partition coefficient (Wildman–Crippen LogP) is 6.32. The number of aryl methyl sites for hydroxylation is 1. The van der Waals surface area contributed by atoms with Crippen LogP contribution in [0.2, 0.25) is 0 Å². The number of carbonyl (C=O) groups is 3. The number of aliphatic hydroxyl groups excluding tert-OH is 1. The van der Waals surface area contributed by atoms with Gasteiger partial charge in [-0.2, -0.15) is 0 Å². The molecule has 0 spiro atoms. The molecule has 1 amide bonds. The quantitative estimate of drug-likeness (QED) is 0.159. The molecule has 202 valence electrons. The van der Waals surface area contributed by atoms with E-state index in [0.717, 1.165) is 11.1 Å². The van der Waals surface area contributed by atoms with Gasteiger partial charge >= 0.3 is 5.97 Å². The molecule has 0 bridgehead atoms. The van der Waals surface area contributed by atoms with Gasteiger partial charge in [0, 0.05) is 11.3 Å². The highest BCUT2D eigenvalue weighted by Gasteiger charge is 2.47. The van der Waals surface area contributed by atoms with Gasteiger partial charge in [-0.3, -0.25) is 14.5 Å². The molecule has 3 aromatic carbocycles. The highest BCUT2D eigenvalue weighted by Crippen LogP contribution is 2.43. The molecule has 0 aliphatic carbocycles. The van der Waals surface area contributed by atoms with Crippen LogP contribution in [0.1, 0.15) is 72.3 Å². The summed E-state index contributed by atoms with van der Waals surface area (Å²) in [5, 5.41) is 11.6. The fourth-order valence-electron chi connectivity index (χ4n) is 4.84. The fraction of sp³-hybridized carbons (Fsp3) is 0.281. The van der Waals surface area contributed by atoms with E-state index in [-0.39, 0.29) is 29.4 Å². The number of carbonyl (C=O) groups excluding carboxylic acids is 3. The summed E-state index contributed by atoms with van der Waals surface area (Å²) in [5.74, 6) is -1.59. The summed E-state index contributed by atoms with van der Waals surface area (Å²) in [6, 6.07) is 18.2. The van der Waals surface area contributed by atoms with Crippen LogP contribution in [0.4, 0.5) is 5.69 Å². The number of ketones is 1. The molecule has 1 fully saturated rings. The Morgan fingerprint density at radius 3 is 2.36 bits per heavy atom. The van der Waals surface area contributed by atoms with Gasteiger partial charge < -0.3 is 14.6 Å². The average molecular weight is 528 g/mol. The van der Waals surface area contributed by atoms with Crippen molar-refractivity contribution in [2.75, 3.05) is 18.1 Å². The van der Waals surface area contributed by atoms with E-state index in [1.165, 1.54) is 11.0 Å². The molecule has 1 aliphatic heterocycles. The fourth-order valence-corrected chi connectivity index (χ4v) is 4.84. The number of amides is 1. The highest BCUT2D eigenvalue weighted by molar-refractivity contribution is 6.51. The van der Waals surface area contributed by atoms with Crippen molar-refractivity contribution in [2.24, 2.45) is 0 Å². The van der Waals surface area contributed by atoms with Gasteiger partial charge in [-0.15, -0.1) is 0 Å². The number of rotatable bonds is 8. The summed E-state index contributed by atoms with van der Waals surface area (Å²) in [7, 11) is 0. The Morgan fingerprint density at radius 1 is 0.949 bits per heavy atom. The van der Waals surface area contributed by atoms with Crippen LogP contribution in [-0.4, -0.2) is 36.0 Å². The normalized spacial score (nSPS) is 16.6. The summed E-state index contributed by atoms with van der Waals surface area (Å²) in [6.07, 6.45) is 0. The number of nitrogens with zero attached hydrogens (tertiary/aromatic N) is 1. The van der Waals surface area contributed by atoms with Crippen molar-refractivity contribution in [3.05, 3.63) is 100 Å². The lowest BCUT2D eigenvalue weighted by atomic mass is 9.92. The Labute approximate surface area is 228 Å². The van der Waals surface area contributed by atoms with Crippen LogP contribution in [0, 0.1) is 6.92 Å². The SMILES string of the molecule is CCOC(=O)c1cccc(N2C(=O)C(=O)/C(=C(\O)c3ccc(OCC)c(C(C)C)c3)C2c2cccc(C)c2)c1. The van der Waals surface area contributed by atoms with Gasteiger partial charge in [0.25, 0.3) is 11.7 Å². The number of hydrogen-bond donors (Lipinski definition) is 1. The molecule has 1 unspecified atom stereocenters. The molecule has 7 nitrogen and oxygen atoms in total. The Kier molecular flexibility index (Phi) is 8.19. The molecule has 1 atom stereocenters. The summed E-state index contributed by atoms with van der Waals surface area (Å²) < 4.78 is 10.9. The van der Waals surface area contributed by atoms with Crippen LogP contribution in [0.25, 0.3) is 5.76 Å². The maximum absolute atomic E-state index is 13.6. The van der Waals surface area contributed by atoms with Gasteiger partial charge in [-0.05, 0) is 74.2 Å². The maximum Gasteiger partial charge on any atom is 0.338 e. The van der Waals surface area contributed by atoms with E-state index < -0.39 is 23.7 Å². The van der Waals surface area contributed by atoms with E-state index in [1.54, 1.807) is 43.3 Å². The van der Waals surface area contributed by atoms with Crippen LogP contribution in [0.15, 0.2) is 72.3 Å². The molecule has 0 saturated carbocycles. The molecule has 1 aliphatic rings. The minimum Gasteiger partial charge on any atom is -0.507 e. The van der Waals surface area contributed by atoms with Crippen LogP contribution < -0.4 is 9.64 Å². The standard InChI is InChI=1S/C32H33NO6/c1-6-38-26-15-14-22(18-25(26)19(3)4)29(34)27-28(21-11-8-10-20(5)16-21)33(31(36)30(27)35)24-13-9-12-23(17-24)32(37)39-7-2/h8-19,28,34H,6-7H2,1-5H3/b29-27-. The Bertz CT molecular complexity index is 1450. The Morgan fingerprint density at radius 2 is 1.69 bits per heavy atom. The predicted molar refractivity (Wildman–Crippen MR) is 150 cm³/mol. The maximum atomic E-state index is 13.6. The minimum absolute atomic E-state index is 0.0222. The zero-order chi connectivity index (χ0) is 28.3. The van der Waals surface area contributed by atoms with E-state index in [0.29, 0.717) is 29.2 Å². The molecule has 1 saturated heterocycles. The van der Waals surface area contributed by atoms with Gasteiger partial charge in [0.2, 0.25) is 0 Å². The first kappa shape index (κ1) is 27.6. The summed E-state index contributed by atoms with van der Waals surface area (Å²) >= 11 is 0.